The summed E-state index contributed by atoms with van der Waals surface area (Å²) >= 11 is 9.20. The number of hydrogen-bond acceptors (Lipinski definition) is 12. The number of rotatable bonds is 6. The lowest BCUT2D eigenvalue weighted by atomic mass is 10.3. The maximum atomic E-state index is 5.75. The molecule has 0 aliphatic carbocycles. The number of nitrogens with zero attached hydrogens (tertiary/aromatic N) is 8. The number of pyridine rings is 2. The Morgan fingerprint density at radius 2 is 1.14 bits per heavy atom. The number of oxazole rings is 2. The van der Waals surface area contributed by atoms with E-state index in [2.05, 4.69) is 64.7 Å². The zero-order valence-corrected chi connectivity index (χ0v) is 24.8. The molecule has 0 saturated heterocycles. The van der Waals surface area contributed by atoms with Crippen molar-refractivity contribution in [3.63, 3.8) is 0 Å². The van der Waals surface area contributed by atoms with Crippen LogP contribution in [-0.2, 0) is 0 Å². The first-order valence-electron chi connectivity index (χ1n) is 12.6. The average molecular weight is 593 g/mol. The Hall–Kier alpha value is -5.12. The summed E-state index contributed by atoms with van der Waals surface area (Å²) < 4.78 is 11.5. The van der Waals surface area contributed by atoms with Crippen molar-refractivity contribution in [3.8, 4) is 22.9 Å². The van der Waals surface area contributed by atoms with E-state index < -0.39 is 0 Å². The van der Waals surface area contributed by atoms with Gasteiger partial charge >= 0.3 is 0 Å². The number of anilines is 2. The summed E-state index contributed by atoms with van der Waals surface area (Å²) in [6.07, 6.45) is 3.49. The number of aromatic nitrogens is 4. The van der Waals surface area contributed by atoms with Crippen LogP contribution in [0.3, 0.4) is 0 Å². The molecule has 0 radical (unpaired) electrons. The molecule has 0 unspecified atom stereocenters. The van der Waals surface area contributed by atoms with Gasteiger partial charge in [0.15, 0.2) is 11.2 Å². The van der Waals surface area contributed by atoms with Gasteiger partial charge < -0.3 is 18.6 Å². The number of hydrogen-bond donors (Lipinski definition) is 0. The van der Waals surface area contributed by atoms with Crippen LogP contribution < -0.4 is 9.80 Å². The van der Waals surface area contributed by atoms with E-state index in [9.17, 15) is 0 Å². The molecule has 0 aliphatic rings. The second-order valence-electron chi connectivity index (χ2n) is 9.35. The molecule has 12 heteroatoms. The molecule has 0 bridgehead atoms. The predicted molar refractivity (Wildman–Crippen MR) is 173 cm³/mol. The molecule has 2 aromatic carbocycles. The van der Waals surface area contributed by atoms with Gasteiger partial charge in [-0.25, -0.2) is 19.9 Å². The van der Waals surface area contributed by atoms with Crippen LogP contribution in [0, 0.1) is 0 Å². The number of aliphatic imine (C=N–C) groups is 2. The van der Waals surface area contributed by atoms with Gasteiger partial charge in [0.05, 0.1) is 32.8 Å². The van der Waals surface area contributed by atoms with Crippen molar-refractivity contribution >= 4 is 80.0 Å². The minimum absolute atomic E-state index is 0.534. The molecule has 0 aliphatic heterocycles. The van der Waals surface area contributed by atoms with E-state index in [4.69, 9.17) is 8.83 Å². The van der Waals surface area contributed by atoms with Gasteiger partial charge in [-0.1, -0.05) is 0 Å². The monoisotopic (exact) mass is 592 g/mol. The standard InChI is InChI=1S/2C15H12N4OS/c1-19(2)14-6-3-10(8-16-14)15-18-12-7-11(17-9-21)4-5-13(12)20-15;1-19(2)14-6-3-10(8-16-14)15-18-12-5-4-11(17-9-21)7-13(12)20-15/h2*3-8H,1-2H3. The number of benzene rings is 2. The summed E-state index contributed by atoms with van der Waals surface area (Å²) in [6.45, 7) is 0. The minimum atomic E-state index is 0.534. The summed E-state index contributed by atoms with van der Waals surface area (Å²) in [6, 6.07) is 18.6. The molecule has 0 atom stereocenters. The van der Waals surface area contributed by atoms with Crippen LogP contribution in [0.5, 0.6) is 0 Å². The third-order valence-corrected chi connectivity index (χ3v) is 6.18. The molecule has 42 heavy (non-hydrogen) atoms. The van der Waals surface area contributed by atoms with Crippen molar-refractivity contribution < 1.29 is 8.83 Å². The average Bonchev–Trinajstić information content (AvgIpc) is 3.62. The largest absolute Gasteiger partial charge is 0.436 e. The Balaban J connectivity index is 0.000000168. The quantitative estimate of drug-likeness (QED) is 0.143. The van der Waals surface area contributed by atoms with Crippen LogP contribution in [0.25, 0.3) is 45.1 Å². The fraction of sp³-hybridized carbons (Fsp3) is 0.133. The Kier molecular flexibility index (Phi) is 8.52. The van der Waals surface area contributed by atoms with Crippen LogP contribution in [0.15, 0.2) is 91.9 Å². The molecular formula is C30H24N8O2S2. The molecular weight excluding hydrogens is 569 g/mol. The number of thiocarbonyl (C=S) groups is 2. The van der Waals surface area contributed by atoms with E-state index in [1.165, 1.54) is 0 Å². The molecule has 0 amide bonds. The van der Waals surface area contributed by atoms with Crippen LogP contribution in [0.1, 0.15) is 0 Å². The van der Waals surface area contributed by atoms with E-state index >= 15 is 0 Å². The zero-order chi connectivity index (χ0) is 29.6. The van der Waals surface area contributed by atoms with E-state index in [-0.39, 0.29) is 0 Å². The third-order valence-electron chi connectivity index (χ3n) is 6.00. The summed E-state index contributed by atoms with van der Waals surface area (Å²) in [7, 11) is 7.78. The fourth-order valence-corrected chi connectivity index (χ4v) is 4.09. The molecule has 0 spiro atoms. The highest BCUT2D eigenvalue weighted by atomic mass is 32.1. The predicted octanol–water partition coefficient (Wildman–Crippen LogP) is 7.38. The lowest BCUT2D eigenvalue weighted by Gasteiger charge is -2.10. The first kappa shape index (κ1) is 28.4. The van der Waals surface area contributed by atoms with Gasteiger partial charge in [0, 0.05) is 46.7 Å². The van der Waals surface area contributed by atoms with Crippen molar-refractivity contribution in [2.45, 2.75) is 0 Å². The van der Waals surface area contributed by atoms with E-state index in [1.807, 2.05) is 92.6 Å². The molecule has 4 heterocycles. The maximum absolute atomic E-state index is 5.75. The van der Waals surface area contributed by atoms with Gasteiger partial charge in [-0.2, -0.15) is 9.98 Å². The highest BCUT2D eigenvalue weighted by Gasteiger charge is 2.11. The summed E-state index contributed by atoms with van der Waals surface area (Å²) in [4.78, 5) is 29.4. The molecule has 208 valence electrons. The van der Waals surface area contributed by atoms with Crippen LogP contribution in [0.4, 0.5) is 23.0 Å². The fourth-order valence-electron chi connectivity index (χ4n) is 3.87. The lowest BCUT2D eigenvalue weighted by Crippen LogP contribution is -2.09. The summed E-state index contributed by atoms with van der Waals surface area (Å²) in [5.41, 5.74) is 5.92. The molecule has 0 N–H and O–H groups in total. The highest BCUT2D eigenvalue weighted by molar-refractivity contribution is 7.78. The smallest absolute Gasteiger partial charge is 0.228 e. The Bertz CT molecular complexity index is 1810. The van der Waals surface area contributed by atoms with Gasteiger partial charge in [-0.05, 0) is 79.0 Å². The van der Waals surface area contributed by atoms with Crippen molar-refractivity contribution in [3.05, 3.63) is 73.1 Å². The molecule has 6 rings (SSSR count). The second-order valence-corrected chi connectivity index (χ2v) is 9.71. The summed E-state index contributed by atoms with van der Waals surface area (Å²) in [5, 5.41) is 4.67. The van der Waals surface area contributed by atoms with E-state index in [0.29, 0.717) is 34.3 Å². The third kappa shape index (κ3) is 6.43. The topological polar surface area (TPSA) is 109 Å². The first-order valence-corrected chi connectivity index (χ1v) is 13.4. The van der Waals surface area contributed by atoms with Gasteiger partial charge in [0.2, 0.25) is 11.8 Å². The minimum Gasteiger partial charge on any atom is -0.436 e. The molecule has 4 aromatic heterocycles. The van der Waals surface area contributed by atoms with E-state index in [1.54, 1.807) is 18.5 Å². The number of fused-ring (bicyclic) bond motifs is 2. The number of isothiocyanates is 2. The molecule has 6 aromatic rings. The lowest BCUT2D eigenvalue weighted by molar-refractivity contribution is 0.619. The Labute approximate surface area is 252 Å². The van der Waals surface area contributed by atoms with Crippen molar-refractivity contribution in [1.29, 1.82) is 0 Å². The van der Waals surface area contributed by atoms with Gasteiger partial charge in [-0.15, -0.1) is 0 Å². The van der Waals surface area contributed by atoms with Crippen LogP contribution in [0.2, 0.25) is 0 Å². The zero-order valence-electron chi connectivity index (χ0n) is 23.1. The summed E-state index contributed by atoms with van der Waals surface area (Å²) in [5.74, 6) is 2.83. The van der Waals surface area contributed by atoms with Crippen LogP contribution >= 0.6 is 24.4 Å². The highest BCUT2D eigenvalue weighted by Crippen LogP contribution is 2.28. The van der Waals surface area contributed by atoms with Crippen molar-refractivity contribution in [2.75, 3.05) is 38.0 Å². The van der Waals surface area contributed by atoms with Gasteiger partial charge in [0.1, 0.15) is 22.7 Å². The molecule has 0 fully saturated rings. The maximum Gasteiger partial charge on any atom is 0.228 e. The first-order chi connectivity index (χ1) is 20.3. The van der Waals surface area contributed by atoms with Crippen molar-refractivity contribution in [2.24, 2.45) is 9.98 Å². The Morgan fingerprint density at radius 3 is 1.67 bits per heavy atom. The van der Waals surface area contributed by atoms with Gasteiger partial charge in [0.25, 0.3) is 0 Å². The van der Waals surface area contributed by atoms with Gasteiger partial charge in [-0.3, -0.25) is 0 Å². The molecule has 10 nitrogen and oxygen atoms in total. The molecule has 0 saturated carbocycles. The van der Waals surface area contributed by atoms with Crippen LogP contribution in [-0.4, -0.2) is 58.4 Å². The second kappa shape index (κ2) is 12.6. The van der Waals surface area contributed by atoms with Crippen molar-refractivity contribution in [1.82, 2.24) is 19.9 Å². The Morgan fingerprint density at radius 1 is 0.619 bits per heavy atom. The van der Waals surface area contributed by atoms with E-state index in [0.717, 1.165) is 33.8 Å². The normalized spacial score (nSPS) is 10.4. The SMILES string of the molecule is CN(C)c1ccc(-c2nc3cc(N=C=S)ccc3o2)cn1.CN(C)c1ccc(-c2nc3ccc(N=C=S)cc3o2)cn1.